The SMILES string of the molecule is COONC1=NN(c2ccccc2)C(=O)/C1=C\c1ccc2c(c1)CCN2C1CCCCC1. The average Bonchev–Trinajstić information content (AvgIpc) is 3.40. The molecule has 0 spiro atoms. The summed E-state index contributed by atoms with van der Waals surface area (Å²) < 4.78 is 0. The number of fused-ring (bicyclic) bond motifs is 1. The molecule has 2 aliphatic heterocycles. The number of nitrogens with zero attached hydrogens (tertiary/aromatic N) is 3. The molecule has 166 valence electrons. The summed E-state index contributed by atoms with van der Waals surface area (Å²) >= 11 is 0. The second-order valence-electron chi connectivity index (χ2n) is 8.43. The quantitative estimate of drug-likeness (QED) is 0.436. The molecule has 7 heteroatoms. The number of amides is 1. The predicted molar refractivity (Wildman–Crippen MR) is 125 cm³/mol. The van der Waals surface area contributed by atoms with Crippen LogP contribution in [0, 0.1) is 0 Å². The second kappa shape index (κ2) is 9.14. The van der Waals surface area contributed by atoms with Gasteiger partial charge >= 0.3 is 0 Å². The number of para-hydroxylation sites is 1. The molecule has 1 saturated carbocycles. The summed E-state index contributed by atoms with van der Waals surface area (Å²) in [4.78, 5) is 25.3. The molecule has 0 aromatic heterocycles. The van der Waals surface area contributed by atoms with Crippen LogP contribution in [0.3, 0.4) is 0 Å². The van der Waals surface area contributed by atoms with Crippen molar-refractivity contribution in [2.75, 3.05) is 23.6 Å². The van der Waals surface area contributed by atoms with Crippen LogP contribution in [-0.4, -0.2) is 31.4 Å². The predicted octanol–water partition coefficient (Wildman–Crippen LogP) is 4.21. The van der Waals surface area contributed by atoms with Gasteiger partial charge in [0.25, 0.3) is 5.91 Å². The number of rotatable bonds is 5. The molecule has 0 unspecified atom stereocenters. The molecule has 5 rings (SSSR count). The molecule has 1 aliphatic carbocycles. The smallest absolute Gasteiger partial charge is 0.282 e. The molecule has 1 fully saturated rings. The first kappa shape index (κ1) is 20.7. The molecular formula is C25H28N4O3. The number of carbonyl (C=O) groups excluding carboxylic acids is 1. The lowest BCUT2D eigenvalue weighted by Crippen LogP contribution is -2.35. The maximum Gasteiger partial charge on any atom is 0.282 e. The Balaban J connectivity index is 1.42. The number of nitrogens with one attached hydrogen (secondary N) is 1. The summed E-state index contributed by atoms with van der Waals surface area (Å²) in [5.74, 6) is 0.0905. The van der Waals surface area contributed by atoms with Gasteiger partial charge in [-0.2, -0.15) is 5.01 Å². The Morgan fingerprint density at radius 2 is 1.91 bits per heavy atom. The van der Waals surface area contributed by atoms with Crippen molar-refractivity contribution < 1.29 is 14.7 Å². The zero-order valence-electron chi connectivity index (χ0n) is 18.3. The molecule has 0 bridgehead atoms. The molecule has 0 radical (unpaired) electrons. The molecule has 2 heterocycles. The van der Waals surface area contributed by atoms with Gasteiger partial charge in [-0.1, -0.05) is 43.5 Å². The molecule has 2 aromatic rings. The molecule has 1 N–H and O–H groups in total. The van der Waals surface area contributed by atoms with E-state index in [1.54, 1.807) is 0 Å². The molecule has 3 aliphatic rings. The summed E-state index contributed by atoms with van der Waals surface area (Å²) in [5.41, 5.74) is 7.40. The van der Waals surface area contributed by atoms with Crippen LogP contribution in [0.2, 0.25) is 0 Å². The number of anilines is 2. The number of hydroxylamine groups is 1. The Hall–Kier alpha value is -3.16. The maximum atomic E-state index is 13.2. The highest BCUT2D eigenvalue weighted by Gasteiger charge is 2.32. The number of carbonyl (C=O) groups is 1. The maximum absolute atomic E-state index is 13.2. The van der Waals surface area contributed by atoms with Crippen molar-refractivity contribution in [1.82, 2.24) is 5.48 Å². The van der Waals surface area contributed by atoms with E-state index in [2.05, 4.69) is 38.6 Å². The van der Waals surface area contributed by atoms with Crippen LogP contribution in [-0.2, 0) is 21.1 Å². The van der Waals surface area contributed by atoms with Crippen molar-refractivity contribution in [3.8, 4) is 0 Å². The lowest BCUT2D eigenvalue weighted by Gasteiger charge is -2.33. The fraction of sp³-hybridized carbons (Fsp3) is 0.360. The highest BCUT2D eigenvalue weighted by Crippen LogP contribution is 2.35. The number of hydrazone groups is 1. The molecule has 0 saturated heterocycles. The van der Waals surface area contributed by atoms with E-state index < -0.39 is 0 Å². The van der Waals surface area contributed by atoms with E-state index in [-0.39, 0.29) is 5.91 Å². The minimum atomic E-state index is -0.220. The van der Waals surface area contributed by atoms with Gasteiger partial charge in [-0.15, -0.1) is 10.1 Å². The van der Waals surface area contributed by atoms with Crippen molar-refractivity contribution in [3.63, 3.8) is 0 Å². The fourth-order valence-electron chi connectivity index (χ4n) is 4.92. The van der Waals surface area contributed by atoms with Crippen molar-refractivity contribution >= 4 is 29.2 Å². The van der Waals surface area contributed by atoms with Gasteiger partial charge in [-0.25, -0.2) is 10.4 Å². The first-order chi connectivity index (χ1) is 15.7. The van der Waals surface area contributed by atoms with Crippen LogP contribution in [0.15, 0.2) is 59.2 Å². The molecule has 2 aromatic carbocycles. The summed E-state index contributed by atoms with van der Waals surface area (Å²) in [6.45, 7) is 1.08. The minimum Gasteiger partial charge on any atom is -0.368 e. The average molecular weight is 433 g/mol. The fourth-order valence-corrected chi connectivity index (χ4v) is 4.92. The second-order valence-corrected chi connectivity index (χ2v) is 8.43. The van der Waals surface area contributed by atoms with Crippen LogP contribution in [0.25, 0.3) is 6.08 Å². The summed E-state index contributed by atoms with van der Waals surface area (Å²) in [6, 6.07) is 16.5. The van der Waals surface area contributed by atoms with Gasteiger partial charge in [0, 0.05) is 18.3 Å². The standard InChI is InChI=1S/C25H28N4O3/c1-31-32-27-24-22(25(30)29(26-24)21-10-6-3-7-11-21)17-18-12-13-23-19(16-18)14-15-28(23)20-8-4-2-5-9-20/h3,6-7,10-13,16-17,20H,2,4-5,8-9,14-15H2,1H3,(H,26,27)/b22-17-. The van der Waals surface area contributed by atoms with Crippen molar-refractivity contribution in [3.05, 3.63) is 65.2 Å². The Labute approximate surface area is 188 Å². The Morgan fingerprint density at radius 1 is 1.09 bits per heavy atom. The lowest BCUT2D eigenvalue weighted by molar-refractivity contribution is -0.300. The van der Waals surface area contributed by atoms with Gasteiger partial charge < -0.3 is 4.90 Å². The van der Waals surface area contributed by atoms with Crippen molar-refractivity contribution in [2.24, 2.45) is 5.10 Å². The van der Waals surface area contributed by atoms with Crippen LogP contribution in [0.1, 0.15) is 43.2 Å². The van der Waals surface area contributed by atoms with Gasteiger partial charge in [0.15, 0.2) is 5.84 Å². The largest absolute Gasteiger partial charge is 0.368 e. The molecule has 0 atom stereocenters. The van der Waals surface area contributed by atoms with Crippen LogP contribution < -0.4 is 15.4 Å². The van der Waals surface area contributed by atoms with E-state index in [9.17, 15) is 4.79 Å². The number of benzene rings is 2. The summed E-state index contributed by atoms with van der Waals surface area (Å²) in [5, 5.41) is 5.77. The van der Waals surface area contributed by atoms with Crippen molar-refractivity contribution in [2.45, 2.75) is 44.6 Å². The Kier molecular flexibility index (Phi) is 5.92. The number of hydrogen-bond acceptors (Lipinski definition) is 6. The van der Waals surface area contributed by atoms with Gasteiger partial charge in [-0.05, 0) is 60.7 Å². The third-order valence-corrected chi connectivity index (χ3v) is 6.46. The van der Waals surface area contributed by atoms with E-state index in [0.717, 1.165) is 18.5 Å². The van der Waals surface area contributed by atoms with E-state index in [4.69, 9.17) is 4.99 Å². The van der Waals surface area contributed by atoms with Crippen LogP contribution >= 0.6 is 0 Å². The normalized spacial score (nSPS) is 20.1. The molecular weight excluding hydrogens is 404 g/mol. The lowest BCUT2D eigenvalue weighted by atomic mass is 9.94. The topological polar surface area (TPSA) is 66.4 Å². The molecule has 32 heavy (non-hydrogen) atoms. The van der Waals surface area contributed by atoms with Gasteiger partial charge in [0.05, 0.1) is 18.4 Å². The molecule has 1 amide bonds. The molecule has 7 nitrogen and oxygen atoms in total. The third-order valence-electron chi connectivity index (χ3n) is 6.46. The zero-order chi connectivity index (χ0) is 21.9. The first-order valence-corrected chi connectivity index (χ1v) is 11.3. The van der Waals surface area contributed by atoms with E-state index >= 15 is 0 Å². The highest BCUT2D eigenvalue weighted by atomic mass is 17.3. The minimum absolute atomic E-state index is 0.220. The number of amidine groups is 1. The highest BCUT2D eigenvalue weighted by molar-refractivity contribution is 6.31. The van der Waals surface area contributed by atoms with Crippen LogP contribution in [0.5, 0.6) is 0 Å². The Morgan fingerprint density at radius 3 is 2.69 bits per heavy atom. The van der Waals surface area contributed by atoms with Gasteiger partial charge in [0.2, 0.25) is 0 Å². The van der Waals surface area contributed by atoms with E-state index in [0.29, 0.717) is 23.1 Å². The zero-order valence-corrected chi connectivity index (χ0v) is 18.3. The first-order valence-electron chi connectivity index (χ1n) is 11.3. The van der Waals surface area contributed by atoms with Crippen molar-refractivity contribution in [1.29, 1.82) is 0 Å². The van der Waals surface area contributed by atoms with Crippen LogP contribution in [0.4, 0.5) is 11.4 Å². The summed E-state index contributed by atoms with van der Waals surface area (Å²) in [6.07, 6.45) is 9.51. The monoisotopic (exact) mass is 432 g/mol. The van der Waals surface area contributed by atoms with E-state index in [1.165, 1.54) is 55.5 Å². The third kappa shape index (κ3) is 4.01. The Bertz CT molecular complexity index is 1040. The van der Waals surface area contributed by atoms with E-state index in [1.807, 2.05) is 36.4 Å². The van der Waals surface area contributed by atoms with Gasteiger partial charge in [-0.3, -0.25) is 4.79 Å². The van der Waals surface area contributed by atoms with Gasteiger partial charge in [0.1, 0.15) is 0 Å². The summed E-state index contributed by atoms with van der Waals surface area (Å²) in [7, 11) is 1.39. The number of hydrogen-bond donors (Lipinski definition) is 1.